The largest absolute Gasteiger partial charge is 0.398 e. The van der Waals surface area contributed by atoms with Crippen LogP contribution in [0.2, 0.25) is 10.0 Å². The number of nitrogen functional groups attached to an aromatic ring is 1. The fourth-order valence-electron chi connectivity index (χ4n) is 2.10. The molecule has 21 heavy (non-hydrogen) atoms. The number of rotatable bonds is 2. The summed E-state index contributed by atoms with van der Waals surface area (Å²) in [6, 6.07) is 11.6. The lowest BCUT2D eigenvalue weighted by atomic mass is 10.1. The Kier molecular flexibility index (Phi) is 3.98. The van der Waals surface area contributed by atoms with Crippen LogP contribution in [-0.2, 0) is 0 Å². The summed E-state index contributed by atoms with van der Waals surface area (Å²) in [5.74, 6) is 0. The van der Waals surface area contributed by atoms with E-state index in [-0.39, 0.29) is 0 Å². The van der Waals surface area contributed by atoms with Crippen LogP contribution in [0, 0.1) is 6.92 Å². The summed E-state index contributed by atoms with van der Waals surface area (Å²) >= 11 is 13.7. The minimum Gasteiger partial charge on any atom is -0.398 e. The van der Waals surface area contributed by atoms with Crippen molar-refractivity contribution in [2.24, 2.45) is 0 Å². The molecule has 0 saturated carbocycles. The molecule has 2 nitrogen and oxygen atoms in total. The first-order valence-corrected chi connectivity index (χ1v) is 7.89. The minimum atomic E-state index is 0.555. The van der Waals surface area contributed by atoms with Crippen molar-refractivity contribution in [3.8, 4) is 0 Å². The van der Waals surface area contributed by atoms with E-state index in [1.165, 1.54) is 0 Å². The topological polar surface area (TPSA) is 38.9 Å². The van der Waals surface area contributed by atoms with Crippen LogP contribution in [0.15, 0.2) is 52.4 Å². The predicted molar refractivity (Wildman–Crippen MR) is 91.5 cm³/mol. The maximum atomic E-state index is 6.07. The van der Waals surface area contributed by atoms with Gasteiger partial charge in [-0.05, 0) is 43.3 Å². The number of fused-ring (bicyclic) bond motifs is 1. The molecule has 1 aromatic heterocycles. The van der Waals surface area contributed by atoms with Gasteiger partial charge in [-0.15, -0.1) is 0 Å². The summed E-state index contributed by atoms with van der Waals surface area (Å²) in [5, 5.41) is 3.17. The van der Waals surface area contributed by atoms with Gasteiger partial charge in [0.15, 0.2) is 0 Å². The fraction of sp³-hybridized carbons (Fsp3) is 0.0625. The molecular weight excluding hydrogens is 323 g/mol. The van der Waals surface area contributed by atoms with Crippen LogP contribution in [0.1, 0.15) is 5.69 Å². The highest BCUT2D eigenvalue weighted by Crippen LogP contribution is 2.37. The van der Waals surface area contributed by atoms with Gasteiger partial charge in [-0.3, -0.25) is 4.98 Å². The number of aromatic nitrogens is 1. The second-order valence-electron chi connectivity index (χ2n) is 4.70. The smallest absolute Gasteiger partial charge is 0.0603 e. The third-order valence-electron chi connectivity index (χ3n) is 3.15. The summed E-state index contributed by atoms with van der Waals surface area (Å²) in [6.45, 7) is 1.97. The number of nitrogens with two attached hydrogens (primary N) is 1. The Hall–Kier alpha value is -1.42. The molecule has 1 heterocycles. The lowest BCUT2D eigenvalue weighted by molar-refractivity contribution is 1.22. The Morgan fingerprint density at radius 2 is 1.81 bits per heavy atom. The van der Waals surface area contributed by atoms with Crippen molar-refractivity contribution in [2.45, 2.75) is 16.7 Å². The van der Waals surface area contributed by atoms with Gasteiger partial charge in [0, 0.05) is 38.1 Å². The Morgan fingerprint density at radius 1 is 1.00 bits per heavy atom. The zero-order chi connectivity index (χ0) is 15.0. The van der Waals surface area contributed by atoms with Gasteiger partial charge in [0.25, 0.3) is 0 Å². The van der Waals surface area contributed by atoms with Gasteiger partial charge in [-0.1, -0.05) is 35.0 Å². The zero-order valence-corrected chi connectivity index (χ0v) is 13.6. The van der Waals surface area contributed by atoms with Crippen LogP contribution >= 0.6 is 35.0 Å². The summed E-state index contributed by atoms with van der Waals surface area (Å²) in [7, 11) is 0. The molecule has 3 rings (SSSR count). The predicted octanol–water partition coefficient (Wildman–Crippen LogP) is 5.58. The van der Waals surface area contributed by atoms with Gasteiger partial charge < -0.3 is 5.73 Å². The third kappa shape index (κ3) is 2.95. The molecule has 3 aromatic rings. The molecule has 2 aromatic carbocycles. The number of benzene rings is 2. The highest BCUT2D eigenvalue weighted by Gasteiger charge is 2.08. The molecule has 0 unspecified atom stereocenters. The van der Waals surface area contributed by atoms with E-state index in [9.17, 15) is 0 Å². The normalized spacial score (nSPS) is 11.0. The molecule has 0 aliphatic heterocycles. The lowest BCUT2D eigenvalue weighted by Gasteiger charge is -2.09. The second-order valence-corrected chi connectivity index (χ2v) is 6.63. The number of pyridine rings is 1. The molecule has 0 aliphatic carbocycles. The number of hydrogen-bond acceptors (Lipinski definition) is 3. The molecule has 0 aliphatic rings. The van der Waals surface area contributed by atoms with Crippen molar-refractivity contribution in [3.05, 3.63) is 58.3 Å². The molecule has 5 heteroatoms. The van der Waals surface area contributed by atoms with Gasteiger partial charge in [0.2, 0.25) is 0 Å². The Balaban J connectivity index is 2.10. The zero-order valence-electron chi connectivity index (χ0n) is 11.2. The molecule has 0 amide bonds. The van der Waals surface area contributed by atoms with Crippen molar-refractivity contribution in [2.75, 3.05) is 5.73 Å². The summed E-state index contributed by atoms with van der Waals surface area (Å²) in [4.78, 5) is 6.46. The lowest BCUT2D eigenvalue weighted by Crippen LogP contribution is -1.91. The van der Waals surface area contributed by atoms with E-state index in [1.807, 2.05) is 43.5 Å². The number of nitrogens with zero attached hydrogens (tertiary/aromatic N) is 1. The number of aryl methyl sites for hydroxylation is 1. The molecule has 2 N–H and O–H groups in total. The SMILES string of the molecule is Cc1cc2c(Sc3ccc(Cl)c(Cl)c3)ccc(N)c2cn1. The average Bonchev–Trinajstić information content (AvgIpc) is 2.46. The van der Waals surface area contributed by atoms with E-state index in [0.717, 1.165) is 31.9 Å². The van der Waals surface area contributed by atoms with Gasteiger partial charge in [0.05, 0.1) is 10.0 Å². The van der Waals surface area contributed by atoms with Gasteiger partial charge >= 0.3 is 0 Å². The first-order chi connectivity index (χ1) is 10.0. The van der Waals surface area contributed by atoms with Crippen LogP contribution < -0.4 is 5.73 Å². The Morgan fingerprint density at radius 3 is 2.57 bits per heavy atom. The average molecular weight is 335 g/mol. The quantitative estimate of drug-likeness (QED) is 0.621. The van der Waals surface area contributed by atoms with Crippen LogP contribution in [0.25, 0.3) is 10.8 Å². The van der Waals surface area contributed by atoms with Crippen molar-refractivity contribution >= 4 is 51.4 Å². The molecule has 0 atom stereocenters. The number of anilines is 1. The molecular formula is C16H12Cl2N2S. The number of halogens is 2. The molecule has 106 valence electrons. The maximum Gasteiger partial charge on any atom is 0.0603 e. The van der Waals surface area contributed by atoms with Crippen LogP contribution in [-0.4, -0.2) is 4.98 Å². The fourth-order valence-corrected chi connectivity index (χ4v) is 3.44. The van der Waals surface area contributed by atoms with Crippen molar-refractivity contribution in [1.29, 1.82) is 0 Å². The Bertz CT molecular complexity index is 834. The highest BCUT2D eigenvalue weighted by atomic mass is 35.5. The van der Waals surface area contributed by atoms with Gasteiger partial charge in [0.1, 0.15) is 0 Å². The minimum absolute atomic E-state index is 0.555. The second kappa shape index (κ2) is 5.76. The Labute approximate surface area is 137 Å². The van der Waals surface area contributed by atoms with E-state index in [4.69, 9.17) is 28.9 Å². The number of hydrogen-bond donors (Lipinski definition) is 1. The maximum absolute atomic E-state index is 6.07. The summed E-state index contributed by atoms with van der Waals surface area (Å²) < 4.78 is 0. The van der Waals surface area contributed by atoms with Crippen molar-refractivity contribution in [3.63, 3.8) is 0 Å². The van der Waals surface area contributed by atoms with Crippen molar-refractivity contribution in [1.82, 2.24) is 4.98 Å². The molecule has 0 spiro atoms. The van der Waals surface area contributed by atoms with E-state index in [0.29, 0.717) is 10.0 Å². The molecule has 0 bridgehead atoms. The summed E-state index contributed by atoms with van der Waals surface area (Å²) in [6.07, 6.45) is 1.82. The first-order valence-electron chi connectivity index (χ1n) is 6.32. The van der Waals surface area contributed by atoms with E-state index in [1.54, 1.807) is 17.8 Å². The van der Waals surface area contributed by atoms with E-state index < -0.39 is 0 Å². The van der Waals surface area contributed by atoms with Crippen LogP contribution in [0.5, 0.6) is 0 Å². The van der Waals surface area contributed by atoms with Crippen LogP contribution in [0.3, 0.4) is 0 Å². The summed E-state index contributed by atoms with van der Waals surface area (Å²) in [5.41, 5.74) is 7.72. The molecule has 0 radical (unpaired) electrons. The van der Waals surface area contributed by atoms with E-state index in [2.05, 4.69) is 4.98 Å². The third-order valence-corrected chi connectivity index (χ3v) is 4.95. The molecule has 0 saturated heterocycles. The highest BCUT2D eigenvalue weighted by molar-refractivity contribution is 7.99. The standard InChI is InChI=1S/C16H12Cl2N2S/c1-9-6-11-12(8-20-9)15(19)4-5-16(11)21-10-2-3-13(17)14(18)7-10/h2-8H,19H2,1H3. The van der Waals surface area contributed by atoms with Crippen LogP contribution in [0.4, 0.5) is 5.69 Å². The van der Waals surface area contributed by atoms with Crippen molar-refractivity contribution < 1.29 is 0 Å². The molecule has 0 fully saturated rings. The van der Waals surface area contributed by atoms with E-state index >= 15 is 0 Å². The van der Waals surface area contributed by atoms with Gasteiger partial charge in [-0.2, -0.15) is 0 Å². The van der Waals surface area contributed by atoms with Gasteiger partial charge in [-0.25, -0.2) is 0 Å². The first kappa shape index (κ1) is 14.5. The monoisotopic (exact) mass is 334 g/mol.